The second kappa shape index (κ2) is 6.32. The van der Waals surface area contributed by atoms with Gasteiger partial charge in [0.25, 0.3) is 0 Å². The van der Waals surface area contributed by atoms with E-state index in [0.29, 0.717) is 32.2 Å². The van der Waals surface area contributed by atoms with Crippen molar-refractivity contribution in [2.75, 3.05) is 32.0 Å². The SMILES string of the molecule is CC(C)NCCCS(=O)(=O)N1CCOC(C)(C)C1. The maximum absolute atomic E-state index is 12.2. The molecule has 1 rings (SSSR count). The average Bonchev–Trinajstić information content (AvgIpc) is 2.23. The molecule has 0 bridgehead atoms. The molecule has 0 aliphatic carbocycles. The molecule has 1 fully saturated rings. The first-order valence-corrected chi connectivity index (χ1v) is 8.19. The maximum atomic E-state index is 12.2. The van der Waals surface area contributed by atoms with Gasteiger partial charge in [-0.25, -0.2) is 8.42 Å². The lowest BCUT2D eigenvalue weighted by Crippen LogP contribution is -2.51. The van der Waals surface area contributed by atoms with Crippen LogP contribution < -0.4 is 5.32 Å². The second-order valence-corrected chi connectivity index (χ2v) is 7.81. The van der Waals surface area contributed by atoms with Crippen molar-refractivity contribution in [1.29, 1.82) is 0 Å². The number of rotatable bonds is 6. The standard InChI is InChI=1S/C12H26N2O3S/c1-11(2)13-6-5-9-18(15,16)14-7-8-17-12(3,4)10-14/h11,13H,5-10H2,1-4H3. The molecule has 1 N–H and O–H groups in total. The molecule has 18 heavy (non-hydrogen) atoms. The summed E-state index contributed by atoms with van der Waals surface area (Å²) < 4.78 is 31.4. The smallest absolute Gasteiger partial charge is 0.214 e. The molecule has 0 spiro atoms. The van der Waals surface area contributed by atoms with E-state index in [0.717, 1.165) is 6.54 Å². The van der Waals surface area contributed by atoms with Crippen molar-refractivity contribution in [2.24, 2.45) is 0 Å². The van der Waals surface area contributed by atoms with Crippen LogP contribution in [0.4, 0.5) is 0 Å². The summed E-state index contributed by atoms with van der Waals surface area (Å²) in [5.74, 6) is 0.211. The molecule has 0 unspecified atom stereocenters. The van der Waals surface area contributed by atoms with Crippen molar-refractivity contribution >= 4 is 10.0 Å². The summed E-state index contributed by atoms with van der Waals surface area (Å²) in [5.41, 5.74) is -0.374. The summed E-state index contributed by atoms with van der Waals surface area (Å²) in [6.45, 7) is 10.1. The normalized spacial score (nSPS) is 21.4. The van der Waals surface area contributed by atoms with Gasteiger partial charge in [-0.1, -0.05) is 13.8 Å². The van der Waals surface area contributed by atoms with Gasteiger partial charge in [0.05, 0.1) is 18.0 Å². The zero-order valence-electron chi connectivity index (χ0n) is 11.9. The molecule has 0 aromatic carbocycles. The Hall–Kier alpha value is -0.170. The summed E-state index contributed by atoms with van der Waals surface area (Å²) in [7, 11) is -3.14. The molecular formula is C12H26N2O3S. The fourth-order valence-corrected chi connectivity index (χ4v) is 3.61. The van der Waals surface area contributed by atoms with Crippen LogP contribution >= 0.6 is 0 Å². The van der Waals surface area contributed by atoms with Crippen LogP contribution in [0, 0.1) is 0 Å². The monoisotopic (exact) mass is 278 g/mol. The van der Waals surface area contributed by atoms with Gasteiger partial charge in [-0.2, -0.15) is 4.31 Å². The average molecular weight is 278 g/mol. The van der Waals surface area contributed by atoms with Crippen LogP contribution in [-0.2, 0) is 14.8 Å². The summed E-state index contributed by atoms with van der Waals surface area (Å²) in [6, 6.07) is 0.398. The van der Waals surface area contributed by atoms with Gasteiger partial charge in [0.1, 0.15) is 0 Å². The first kappa shape index (κ1) is 15.9. The number of nitrogens with zero attached hydrogens (tertiary/aromatic N) is 1. The van der Waals surface area contributed by atoms with Gasteiger partial charge in [-0.3, -0.25) is 0 Å². The van der Waals surface area contributed by atoms with Crippen molar-refractivity contribution < 1.29 is 13.2 Å². The fourth-order valence-electron chi connectivity index (χ4n) is 1.98. The van der Waals surface area contributed by atoms with Gasteiger partial charge in [0.2, 0.25) is 10.0 Å². The van der Waals surface area contributed by atoms with E-state index in [2.05, 4.69) is 19.2 Å². The molecule has 1 aliphatic rings. The first-order chi connectivity index (χ1) is 8.23. The van der Waals surface area contributed by atoms with E-state index >= 15 is 0 Å². The molecule has 0 aromatic heterocycles. The lowest BCUT2D eigenvalue weighted by Gasteiger charge is -2.37. The number of nitrogens with one attached hydrogen (secondary N) is 1. The Morgan fingerprint density at radius 1 is 1.39 bits per heavy atom. The third-order valence-electron chi connectivity index (χ3n) is 2.92. The Labute approximate surface area is 111 Å². The molecule has 0 radical (unpaired) electrons. The van der Waals surface area contributed by atoms with E-state index in [4.69, 9.17) is 4.74 Å². The third-order valence-corrected chi connectivity index (χ3v) is 4.82. The van der Waals surface area contributed by atoms with E-state index in [1.54, 1.807) is 4.31 Å². The Bertz CT molecular complexity index is 352. The van der Waals surface area contributed by atoms with E-state index in [1.165, 1.54) is 0 Å². The van der Waals surface area contributed by atoms with Crippen molar-refractivity contribution in [1.82, 2.24) is 9.62 Å². The molecule has 0 amide bonds. The Morgan fingerprint density at radius 2 is 2.06 bits per heavy atom. The van der Waals surface area contributed by atoms with Gasteiger partial charge >= 0.3 is 0 Å². The summed E-state index contributed by atoms with van der Waals surface area (Å²) >= 11 is 0. The summed E-state index contributed by atoms with van der Waals surface area (Å²) in [6.07, 6.45) is 0.651. The van der Waals surface area contributed by atoms with E-state index < -0.39 is 10.0 Å². The van der Waals surface area contributed by atoms with Crippen LogP contribution in [0.2, 0.25) is 0 Å². The number of hydrogen-bond acceptors (Lipinski definition) is 4. The summed E-state index contributed by atoms with van der Waals surface area (Å²) in [4.78, 5) is 0. The highest BCUT2D eigenvalue weighted by Crippen LogP contribution is 2.19. The van der Waals surface area contributed by atoms with Crippen molar-refractivity contribution in [2.45, 2.75) is 45.8 Å². The zero-order chi connectivity index (χ0) is 13.8. The molecule has 108 valence electrons. The molecule has 1 aliphatic heterocycles. The predicted molar refractivity (Wildman–Crippen MR) is 73.1 cm³/mol. The molecule has 1 saturated heterocycles. The number of sulfonamides is 1. The first-order valence-electron chi connectivity index (χ1n) is 6.58. The Morgan fingerprint density at radius 3 is 2.61 bits per heavy atom. The molecule has 0 saturated carbocycles. The van der Waals surface area contributed by atoms with Crippen LogP contribution in [0.3, 0.4) is 0 Å². The number of ether oxygens (including phenoxy) is 1. The van der Waals surface area contributed by atoms with Gasteiger partial charge < -0.3 is 10.1 Å². The van der Waals surface area contributed by atoms with Gasteiger partial charge in [-0.15, -0.1) is 0 Å². The lowest BCUT2D eigenvalue weighted by molar-refractivity contribution is -0.0640. The molecule has 6 heteroatoms. The Balaban J connectivity index is 2.43. The van der Waals surface area contributed by atoms with Crippen LogP contribution in [-0.4, -0.2) is 56.4 Å². The predicted octanol–water partition coefficient (Wildman–Crippen LogP) is 0.815. The largest absolute Gasteiger partial charge is 0.373 e. The number of morpholine rings is 1. The highest BCUT2D eigenvalue weighted by molar-refractivity contribution is 7.89. The van der Waals surface area contributed by atoms with Crippen molar-refractivity contribution in [3.63, 3.8) is 0 Å². The molecular weight excluding hydrogens is 252 g/mol. The van der Waals surface area contributed by atoms with Crippen LogP contribution in [0.25, 0.3) is 0 Å². The van der Waals surface area contributed by atoms with Gasteiger partial charge in [0, 0.05) is 19.1 Å². The van der Waals surface area contributed by atoms with Crippen molar-refractivity contribution in [3.8, 4) is 0 Å². The minimum absolute atomic E-state index is 0.211. The highest BCUT2D eigenvalue weighted by Gasteiger charge is 2.33. The van der Waals surface area contributed by atoms with Crippen LogP contribution in [0.15, 0.2) is 0 Å². The topological polar surface area (TPSA) is 58.6 Å². The van der Waals surface area contributed by atoms with Crippen LogP contribution in [0.5, 0.6) is 0 Å². The second-order valence-electron chi connectivity index (χ2n) is 5.72. The zero-order valence-corrected chi connectivity index (χ0v) is 12.7. The third kappa shape index (κ3) is 5.22. The minimum atomic E-state index is -3.14. The van der Waals surface area contributed by atoms with E-state index in [1.807, 2.05) is 13.8 Å². The lowest BCUT2D eigenvalue weighted by atomic mass is 10.1. The van der Waals surface area contributed by atoms with Gasteiger partial charge in [0.15, 0.2) is 0 Å². The van der Waals surface area contributed by atoms with Crippen molar-refractivity contribution in [3.05, 3.63) is 0 Å². The Kier molecular flexibility index (Phi) is 5.58. The minimum Gasteiger partial charge on any atom is -0.373 e. The van der Waals surface area contributed by atoms with E-state index in [-0.39, 0.29) is 11.4 Å². The number of hydrogen-bond donors (Lipinski definition) is 1. The molecule has 1 heterocycles. The van der Waals surface area contributed by atoms with E-state index in [9.17, 15) is 8.42 Å². The van der Waals surface area contributed by atoms with Crippen LogP contribution in [0.1, 0.15) is 34.1 Å². The highest BCUT2D eigenvalue weighted by atomic mass is 32.2. The fraction of sp³-hybridized carbons (Fsp3) is 1.00. The maximum Gasteiger partial charge on any atom is 0.214 e. The molecule has 5 nitrogen and oxygen atoms in total. The molecule has 0 aromatic rings. The quantitative estimate of drug-likeness (QED) is 0.731. The molecule has 0 atom stereocenters. The van der Waals surface area contributed by atoms with Gasteiger partial charge in [-0.05, 0) is 26.8 Å². The summed E-state index contributed by atoms with van der Waals surface area (Å²) in [5, 5.41) is 3.23.